The molecule has 0 amide bonds. The highest BCUT2D eigenvalue weighted by molar-refractivity contribution is 6.09. The normalized spacial score (nSPS) is 18.5. The van der Waals surface area contributed by atoms with Crippen LogP contribution in [0.5, 0.6) is 11.5 Å². The number of aromatic nitrogens is 2. The first-order valence-electron chi connectivity index (χ1n) is 20.3. The Balaban J connectivity index is 1.04. The number of fused-ring (bicyclic) bond motifs is 7. The molecule has 0 aliphatic carbocycles. The lowest BCUT2D eigenvalue weighted by atomic mass is 9.85. The summed E-state index contributed by atoms with van der Waals surface area (Å²) >= 11 is 0. The molecule has 2 atom stereocenters. The van der Waals surface area contributed by atoms with Crippen molar-refractivity contribution in [2.24, 2.45) is 0 Å². The number of hydrogen-bond acceptors (Lipinski definition) is 2. The maximum atomic E-state index is 6.78. The van der Waals surface area contributed by atoms with E-state index in [1.807, 2.05) is 6.20 Å². The summed E-state index contributed by atoms with van der Waals surface area (Å²) in [6, 6.07) is 53.0. The zero-order chi connectivity index (χ0) is 39.3. The van der Waals surface area contributed by atoms with Gasteiger partial charge in [0.25, 0.3) is 0 Å². The predicted molar refractivity (Wildman–Crippen MR) is 237 cm³/mol. The molecule has 0 saturated carbocycles. The van der Waals surface area contributed by atoms with E-state index in [1.54, 1.807) is 0 Å². The van der Waals surface area contributed by atoms with Crippen LogP contribution in [0.2, 0.25) is 0 Å². The van der Waals surface area contributed by atoms with E-state index >= 15 is 0 Å². The van der Waals surface area contributed by atoms with Gasteiger partial charge < -0.3 is 4.74 Å². The number of hydrogen-bond donors (Lipinski definition) is 0. The summed E-state index contributed by atoms with van der Waals surface area (Å²) in [5.74, 6) is 3.34. The summed E-state index contributed by atoms with van der Waals surface area (Å²) in [6.45, 7) is 18.4. The van der Waals surface area contributed by atoms with Crippen molar-refractivity contribution in [3.63, 3.8) is 0 Å². The molecule has 4 heterocycles. The molecule has 5 heteroatoms. The Kier molecular flexibility index (Phi) is 7.92. The molecule has 0 radical (unpaired) electrons. The zero-order valence-electron chi connectivity index (χ0n) is 33.9. The van der Waals surface area contributed by atoms with Gasteiger partial charge in [0, 0.05) is 59.4 Å². The zero-order valence-corrected chi connectivity index (χ0v) is 33.9. The Hall–Kier alpha value is -6.01. The fourth-order valence-corrected chi connectivity index (χ4v) is 9.38. The second kappa shape index (κ2) is 12.8. The minimum atomic E-state index is 0.00324. The Labute approximate surface area is 336 Å². The fraction of sp³-hybridized carbons (Fsp3) is 0.192. The van der Waals surface area contributed by atoms with Crippen molar-refractivity contribution >= 4 is 44.6 Å². The van der Waals surface area contributed by atoms with E-state index in [-0.39, 0.29) is 5.41 Å². The van der Waals surface area contributed by atoms with Gasteiger partial charge in [-0.15, -0.1) is 0 Å². The molecule has 282 valence electrons. The van der Waals surface area contributed by atoms with Crippen molar-refractivity contribution < 1.29 is 4.74 Å². The van der Waals surface area contributed by atoms with Crippen LogP contribution in [0, 0.1) is 6.67 Å². The number of quaternary nitrogens is 2. The first kappa shape index (κ1) is 35.4. The molecule has 1 fully saturated rings. The highest BCUT2D eigenvalue weighted by Crippen LogP contribution is 2.75. The number of pyridine rings is 1. The van der Waals surface area contributed by atoms with E-state index in [1.165, 1.54) is 61.3 Å². The molecule has 8 aromatic rings. The quantitative estimate of drug-likeness (QED) is 0.0880. The summed E-state index contributed by atoms with van der Waals surface area (Å²) < 4.78 is 10.3. The molecule has 2 aromatic heterocycles. The van der Waals surface area contributed by atoms with Crippen LogP contribution in [-0.4, -0.2) is 9.55 Å². The van der Waals surface area contributed by atoms with Crippen LogP contribution in [0.4, 0.5) is 22.7 Å². The van der Waals surface area contributed by atoms with Crippen LogP contribution in [0.1, 0.15) is 77.0 Å². The smallest absolute Gasteiger partial charge is 0.225 e. The largest absolute Gasteiger partial charge is 0.457 e. The maximum Gasteiger partial charge on any atom is 0.225 e. The van der Waals surface area contributed by atoms with Gasteiger partial charge in [-0.3, -0.25) is 4.57 Å². The van der Waals surface area contributed by atoms with Gasteiger partial charge in [0.2, 0.25) is 11.4 Å². The molecule has 2 aliphatic heterocycles. The molecule has 5 nitrogen and oxygen atoms in total. The van der Waals surface area contributed by atoms with Crippen molar-refractivity contribution in [1.82, 2.24) is 18.7 Å². The van der Waals surface area contributed by atoms with Crippen LogP contribution < -0.4 is 13.9 Å². The van der Waals surface area contributed by atoms with E-state index in [0.717, 1.165) is 28.4 Å². The van der Waals surface area contributed by atoms with Crippen molar-refractivity contribution in [1.29, 1.82) is 0 Å². The monoisotopic (exact) mass is 745 g/mol. The third-order valence-electron chi connectivity index (χ3n) is 12.2. The second-order valence-electron chi connectivity index (χ2n) is 17.4. The Bertz CT molecular complexity index is 2850. The Morgan fingerprint density at radius 2 is 1.19 bits per heavy atom. The summed E-state index contributed by atoms with van der Waals surface area (Å²) in [5, 5.41) is 2.37. The first-order valence-corrected chi connectivity index (χ1v) is 20.3. The highest BCUT2D eigenvalue weighted by atomic mass is 16.5. The molecule has 57 heavy (non-hydrogen) atoms. The van der Waals surface area contributed by atoms with Gasteiger partial charge in [0.1, 0.15) is 17.3 Å². The number of benzene rings is 6. The molecule has 0 spiro atoms. The van der Waals surface area contributed by atoms with E-state index in [2.05, 4.69) is 205 Å². The minimum Gasteiger partial charge on any atom is -0.457 e. The Morgan fingerprint density at radius 3 is 1.89 bits per heavy atom. The third-order valence-corrected chi connectivity index (χ3v) is 12.2. The number of para-hydroxylation sites is 3. The average molecular weight is 746 g/mol. The summed E-state index contributed by atoms with van der Waals surface area (Å²) in [7, 11) is 0. The Morgan fingerprint density at radius 1 is 0.579 bits per heavy atom. The summed E-state index contributed by atoms with van der Waals surface area (Å²) in [5.41, 5.74) is 13.9. The van der Waals surface area contributed by atoms with Crippen molar-refractivity contribution in [3.05, 3.63) is 175 Å². The van der Waals surface area contributed by atoms with Crippen LogP contribution in [0.15, 0.2) is 152 Å². The molecule has 10 rings (SSSR count). The number of nitrogens with zero attached hydrogens (tertiary/aromatic N) is 4. The molecule has 2 aliphatic rings. The lowest BCUT2D eigenvalue weighted by Gasteiger charge is -2.40. The lowest BCUT2D eigenvalue weighted by molar-refractivity contribution is 0.424. The lowest BCUT2D eigenvalue weighted by Crippen LogP contribution is -2.46. The molecule has 1 saturated heterocycles. The van der Waals surface area contributed by atoms with Crippen LogP contribution in [-0.2, 0) is 5.41 Å². The van der Waals surface area contributed by atoms with Crippen LogP contribution >= 0.6 is 0 Å². The standard InChI is InChI=1S/C52H49N4O/c1-34(2)42-20-14-21-43(35(3)4)51(42)36-15-12-16-38(29-36)55-33-56(55,49-24-11-10-23-48(49)55)39-17-13-18-40(31-39)57-41-25-26-45-44-19-8-9-22-46(44)54(47(45)32-41)50-30-37(27-28-53-50)52(5,6)7/h8-35H,1-7H3/q+1/t55-,56?/m0/s1. The van der Waals surface area contributed by atoms with Crippen LogP contribution in [0.3, 0.4) is 0 Å². The molecule has 0 bridgehead atoms. The van der Waals surface area contributed by atoms with Crippen molar-refractivity contribution in [2.45, 2.75) is 65.7 Å². The molecule has 6 aromatic carbocycles. The maximum absolute atomic E-state index is 6.78. The van der Waals surface area contributed by atoms with Gasteiger partial charge in [-0.2, -0.15) is 9.18 Å². The third kappa shape index (κ3) is 5.26. The number of rotatable bonds is 8. The average Bonchev–Trinajstić information content (AvgIpc) is 3.71. The highest BCUT2D eigenvalue weighted by Gasteiger charge is 2.77. The minimum absolute atomic E-state index is 0.00324. The molecule has 0 N–H and O–H groups in total. The van der Waals surface area contributed by atoms with Gasteiger partial charge in [0.05, 0.1) is 11.0 Å². The van der Waals surface area contributed by atoms with Gasteiger partial charge in [-0.1, -0.05) is 115 Å². The predicted octanol–water partition coefficient (Wildman–Crippen LogP) is 14.5. The SMILES string of the molecule is CC(C)c1cccc(C(C)C)c1-c1cccc([N@+]23[CH-][N+]2(c2cccc(Oc4ccc5c6ccccc6n(-c6cc(C(C)(C)C)ccn6)c5c4)c2)c2ccccc23)c1. The summed E-state index contributed by atoms with van der Waals surface area (Å²) in [6.07, 6.45) is 1.93. The number of ether oxygens (including phenoxy) is 1. The molecule has 1 unspecified atom stereocenters. The topological polar surface area (TPSA) is 27.1 Å². The van der Waals surface area contributed by atoms with E-state index < -0.39 is 0 Å². The fourth-order valence-electron chi connectivity index (χ4n) is 9.38. The summed E-state index contributed by atoms with van der Waals surface area (Å²) in [4.78, 5) is 4.88. The van der Waals surface area contributed by atoms with E-state index in [9.17, 15) is 0 Å². The first-order chi connectivity index (χ1) is 27.5. The van der Waals surface area contributed by atoms with Gasteiger partial charge in [-0.25, -0.2) is 4.98 Å². The van der Waals surface area contributed by atoms with E-state index in [0.29, 0.717) is 21.0 Å². The van der Waals surface area contributed by atoms with Crippen molar-refractivity contribution in [3.8, 4) is 28.4 Å². The molecular weight excluding hydrogens is 697 g/mol. The molecular formula is C52H49N4O+. The van der Waals surface area contributed by atoms with E-state index in [4.69, 9.17) is 9.72 Å². The van der Waals surface area contributed by atoms with Gasteiger partial charge >= 0.3 is 0 Å². The van der Waals surface area contributed by atoms with Gasteiger partial charge in [-0.05, 0) is 81.5 Å². The van der Waals surface area contributed by atoms with Crippen LogP contribution in [0.25, 0.3) is 38.8 Å². The second-order valence-corrected chi connectivity index (χ2v) is 17.4. The van der Waals surface area contributed by atoms with Crippen molar-refractivity contribution in [2.75, 3.05) is 0 Å². The van der Waals surface area contributed by atoms with Gasteiger partial charge in [0.15, 0.2) is 18.0 Å².